The van der Waals surface area contributed by atoms with Gasteiger partial charge in [-0.25, -0.2) is 18.7 Å². The van der Waals surface area contributed by atoms with Crippen LogP contribution in [-0.2, 0) is 6.54 Å². The first-order valence-corrected chi connectivity index (χ1v) is 6.12. The molecule has 0 saturated heterocycles. The lowest BCUT2D eigenvalue weighted by Gasteiger charge is -2.03. The van der Waals surface area contributed by atoms with E-state index in [1.807, 2.05) is 0 Å². The molecule has 7 heteroatoms. The summed E-state index contributed by atoms with van der Waals surface area (Å²) in [7, 11) is 0. The zero-order valence-electron chi connectivity index (χ0n) is 10.7. The molecule has 0 spiro atoms. The number of benzene rings is 1. The van der Waals surface area contributed by atoms with E-state index in [1.165, 1.54) is 16.5 Å². The first kappa shape index (κ1) is 13.0. The van der Waals surface area contributed by atoms with Crippen molar-refractivity contribution in [2.75, 3.05) is 0 Å². The Kier molecular flexibility index (Phi) is 3.02. The number of carbonyl (C=O) groups is 1. The van der Waals surface area contributed by atoms with Crippen LogP contribution in [0.15, 0.2) is 47.4 Å². The largest absolute Gasteiger partial charge is 0.478 e. The second kappa shape index (κ2) is 4.86. The summed E-state index contributed by atoms with van der Waals surface area (Å²) in [6.07, 6.45) is 1.57. The van der Waals surface area contributed by atoms with Crippen LogP contribution in [0.4, 0.5) is 4.39 Å². The van der Waals surface area contributed by atoms with Gasteiger partial charge in [0.25, 0.3) is 0 Å². The van der Waals surface area contributed by atoms with Crippen LogP contribution >= 0.6 is 0 Å². The molecular formula is C14H10FN3O3. The number of hydrogen-bond donors (Lipinski definition) is 1. The van der Waals surface area contributed by atoms with Gasteiger partial charge in [-0.2, -0.15) is 0 Å². The minimum Gasteiger partial charge on any atom is -0.478 e. The molecule has 1 aromatic carbocycles. The van der Waals surface area contributed by atoms with Crippen LogP contribution in [0.3, 0.4) is 0 Å². The molecular weight excluding hydrogens is 277 g/mol. The molecule has 106 valence electrons. The summed E-state index contributed by atoms with van der Waals surface area (Å²) in [4.78, 5) is 22.8. The van der Waals surface area contributed by atoms with Gasteiger partial charge >= 0.3 is 11.7 Å². The quantitative estimate of drug-likeness (QED) is 0.789. The van der Waals surface area contributed by atoms with E-state index < -0.39 is 11.8 Å². The molecule has 0 fully saturated rings. The number of hydrogen-bond acceptors (Lipinski definition) is 3. The molecule has 2 heterocycles. The molecule has 3 aromatic rings. The predicted molar refractivity (Wildman–Crippen MR) is 71.9 cm³/mol. The monoisotopic (exact) mass is 287 g/mol. The fraction of sp³-hybridized carbons (Fsp3) is 0.0714. The highest BCUT2D eigenvalue weighted by Crippen LogP contribution is 2.11. The van der Waals surface area contributed by atoms with E-state index in [9.17, 15) is 14.0 Å². The summed E-state index contributed by atoms with van der Waals surface area (Å²) in [5, 5.41) is 12.9. The van der Waals surface area contributed by atoms with Crippen molar-refractivity contribution < 1.29 is 14.3 Å². The van der Waals surface area contributed by atoms with E-state index >= 15 is 0 Å². The van der Waals surface area contributed by atoms with Crippen molar-refractivity contribution in [2.24, 2.45) is 0 Å². The summed E-state index contributed by atoms with van der Waals surface area (Å²) in [6, 6.07) is 8.67. The number of aromatic carboxylic acids is 1. The highest BCUT2D eigenvalue weighted by Gasteiger charge is 2.12. The van der Waals surface area contributed by atoms with Crippen molar-refractivity contribution in [3.8, 4) is 0 Å². The molecule has 0 saturated carbocycles. The summed E-state index contributed by atoms with van der Waals surface area (Å²) >= 11 is 0. The topological polar surface area (TPSA) is 76.6 Å². The SMILES string of the molecule is O=C(O)c1ccc(Cn2nc3ccccn3c2=O)c(F)c1. The first-order valence-electron chi connectivity index (χ1n) is 6.12. The molecule has 0 unspecified atom stereocenters. The van der Waals surface area contributed by atoms with E-state index in [1.54, 1.807) is 24.4 Å². The molecule has 0 atom stereocenters. The van der Waals surface area contributed by atoms with Gasteiger partial charge in [0.05, 0.1) is 12.1 Å². The highest BCUT2D eigenvalue weighted by molar-refractivity contribution is 5.87. The maximum atomic E-state index is 13.9. The molecule has 2 aromatic heterocycles. The molecule has 6 nitrogen and oxygen atoms in total. The number of fused-ring (bicyclic) bond motifs is 1. The Labute approximate surface area is 117 Å². The van der Waals surface area contributed by atoms with Crippen LogP contribution in [0.25, 0.3) is 5.65 Å². The average Bonchev–Trinajstić information content (AvgIpc) is 2.78. The Morgan fingerprint density at radius 3 is 2.76 bits per heavy atom. The average molecular weight is 287 g/mol. The molecule has 0 aliphatic carbocycles. The number of carboxylic acids is 1. The number of halogens is 1. The molecule has 0 aliphatic heterocycles. The standard InChI is InChI=1S/C14H10FN3O3/c15-11-7-9(13(19)20)4-5-10(11)8-18-14(21)17-6-2-1-3-12(17)16-18/h1-7H,8H2,(H,19,20). The van der Waals surface area contributed by atoms with Gasteiger partial charge in [-0.3, -0.25) is 4.40 Å². The van der Waals surface area contributed by atoms with Crippen LogP contribution in [0.5, 0.6) is 0 Å². The van der Waals surface area contributed by atoms with Gasteiger partial charge in [-0.15, -0.1) is 5.10 Å². The van der Waals surface area contributed by atoms with Crippen molar-refractivity contribution in [1.29, 1.82) is 0 Å². The summed E-state index contributed by atoms with van der Waals surface area (Å²) in [6.45, 7) is -0.0632. The maximum absolute atomic E-state index is 13.9. The molecule has 0 bridgehead atoms. The smallest absolute Gasteiger partial charge is 0.350 e. The number of aromatic nitrogens is 3. The lowest BCUT2D eigenvalue weighted by molar-refractivity contribution is 0.0696. The Morgan fingerprint density at radius 1 is 1.29 bits per heavy atom. The third-order valence-corrected chi connectivity index (χ3v) is 3.11. The van der Waals surface area contributed by atoms with Crippen molar-refractivity contribution in [2.45, 2.75) is 6.54 Å². The summed E-state index contributed by atoms with van der Waals surface area (Å²) in [5.74, 6) is -1.88. The Balaban J connectivity index is 2.01. The zero-order chi connectivity index (χ0) is 15.0. The van der Waals surface area contributed by atoms with E-state index in [4.69, 9.17) is 5.11 Å². The third-order valence-electron chi connectivity index (χ3n) is 3.11. The second-order valence-electron chi connectivity index (χ2n) is 4.48. The maximum Gasteiger partial charge on any atom is 0.350 e. The fourth-order valence-corrected chi connectivity index (χ4v) is 2.04. The van der Waals surface area contributed by atoms with Crippen LogP contribution in [-0.4, -0.2) is 25.3 Å². The fourth-order valence-electron chi connectivity index (χ4n) is 2.04. The first-order chi connectivity index (χ1) is 10.1. The normalized spacial score (nSPS) is 10.9. The van der Waals surface area contributed by atoms with Gasteiger partial charge in [0.15, 0.2) is 5.65 Å². The third kappa shape index (κ3) is 2.29. The van der Waals surface area contributed by atoms with Crippen LogP contribution in [0.2, 0.25) is 0 Å². The molecule has 0 radical (unpaired) electrons. The van der Waals surface area contributed by atoms with Crippen molar-refractivity contribution >= 4 is 11.6 Å². The summed E-state index contributed by atoms with van der Waals surface area (Å²) in [5.41, 5.74) is 0.140. The van der Waals surface area contributed by atoms with E-state index in [-0.39, 0.29) is 23.4 Å². The molecule has 1 N–H and O–H groups in total. The number of pyridine rings is 1. The van der Waals surface area contributed by atoms with Crippen LogP contribution < -0.4 is 5.69 Å². The number of nitrogens with zero attached hydrogens (tertiary/aromatic N) is 3. The van der Waals surface area contributed by atoms with Gasteiger partial charge in [0.1, 0.15) is 5.82 Å². The minimum atomic E-state index is -1.20. The number of rotatable bonds is 3. The van der Waals surface area contributed by atoms with Crippen molar-refractivity contribution in [3.05, 3.63) is 70.0 Å². The lowest BCUT2D eigenvalue weighted by atomic mass is 10.1. The van der Waals surface area contributed by atoms with Gasteiger partial charge < -0.3 is 5.11 Å². The van der Waals surface area contributed by atoms with Crippen molar-refractivity contribution in [3.63, 3.8) is 0 Å². The molecule has 3 rings (SSSR count). The summed E-state index contributed by atoms with van der Waals surface area (Å²) < 4.78 is 16.4. The van der Waals surface area contributed by atoms with Crippen LogP contribution in [0, 0.1) is 5.82 Å². The minimum absolute atomic E-state index is 0.0632. The molecule has 21 heavy (non-hydrogen) atoms. The highest BCUT2D eigenvalue weighted by atomic mass is 19.1. The van der Waals surface area contributed by atoms with E-state index in [2.05, 4.69) is 5.10 Å². The predicted octanol–water partition coefficient (Wildman–Crippen LogP) is 1.38. The van der Waals surface area contributed by atoms with Crippen molar-refractivity contribution in [1.82, 2.24) is 14.2 Å². The second-order valence-corrected chi connectivity index (χ2v) is 4.48. The molecule has 0 aliphatic rings. The van der Waals surface area contributed by atoms with E-state index in [0.717, 1.165) is 10.7 Å². The van der Waals surface area contributed by atoms with Gasteiger partial charge in [0.2, 0.25) is 0 Å². The zero-order valence-corrected chi connectivity index (χ0v) is 10.7. The Hall–Kier alpha value is -2.96. The Bertz CT molecular complexity index is 898. The van der Waals surface area contributed by atoms with Gasteiger partial charge in [0, 0.05) is 11.8 Å². The Morgan fingerprint density at radius 2 is 2.10 bits per heavy atom. The van der Waals surface area contributed by atoms with E-state index in [0.29, 0.717) is 5.65 Å². The molecule has 0 amide bonds. The number of carboxylic acid groups (broad SMARTS) is 1. The van der Waals surface area contributed by atoms with Gasteiger partial charge in [-0.05, 0) is 24.3 Å². The lowest BCUT2D eigenvalue weighted by Crippen LogP contribution is -2.22. The van der Waals surface area contributed by atoms with Crippen LogP contribution in [0.1, 0.15) is 15.9 Å². The van der Waals surface area contributed by atoms with Gasteiger partial charge in [-0.1, -0.05) is 12.1 Å².